The van der Waals surface area contributed by atoms with Gasteiger partial charge in [-0.3, -0.25) is 9.59 Å². The highest BCUT2D eigenvalue weighted by Crippen LogP contribution is 2.23. The van der Waals surface area contributed by atoms with Crippen LogP contribution in [0, 0.1) is 5.92 Å². The molecule has 1 aliphatic rings. The molecule has 6 heteroatoms. The Hall–Kier alpha value is -2.08. The number of rotatable bonds is 7. The molecule has 23 heavy (non-hydrogen) atoms. The average Bonchev–Trinajstić information content (AvgIpc) is 2.55. The minimum atomic E-state index is -0.841. The molecule has 0 unspecified atom stereocenters. The van der Waals surface area contributed by atoms with Crippen molar-refractivity contribution in [2.45, 2.75) is 25.8 Å². The number of nitrogens with zero attached hydrogens (tertiary/aromatic N) is 1. The molecule has 1 saturated heterocycles. The van der Waals surface area contributed by atoms with E-state index in [9.17, 15) is 14.7 Å². The minimum Gasteiger partial charge on any atom is -0.491 e. The second kappa shape index (κ2) is 8.53. The molecule has 0 saturated carbocycles. The molecule has 0 bridgehead atoms. The highest BCUT2D eigenvalue weighted by atomic mass is 16.5. The Morgan fingerprint density at radius 2 is 2.00 bits per heavy atom. The van der Waals surface area contributed by atoms with Crippen LogP contribution in [0.4, 0.5) is 0 Å². The summed E-state index contributed by atoms with van der Waals surface area (Å²) in [7, 11) is 0. The summed E-state index contributed by atoms with van der Waals surface area (Å²) in [4.78, 5) is 25.0. The summed E-state index contributed by atoms with van der Waals surface area (Å²) in [5.41, 5.74) is 0. The summed E-state index contributed by atoms with van der Waals surface area (Å²) < 4.78 is 10.8. The molecular formula is C17H23NO5. The van der Waals surface area contributed by atoms with E-state index in [2.05, 4.69) is 0 Å². The third-order valence-electron chi connectivity index (χ3n) is 4.09. The largest absolute Gasteiger partial charge is 0.491 e. The highest BCUT2D eigenvalue weighted by Gasteiger charge is 2.35. The Morgan fingerprint density at radius 3 is 2.70 bits per heavy atom. The molecule has 1 aromatic rings. The zero-order valence-electron chi connectivity index (χ0n) is 13.3. The standard InChI is InChI=1S/C17H23NO5/c1-13-15(17(20)21)8-5-9-18(13)16(19)12-22-10-11-23-14-6-3-2-4-7-14/h2-4,6-7,13,15H,5,8-12H2,1H3,(H,20,21)/t13-,15-/m1/s1. The van der Waals surface area contributed by atoms with Gasteiger partial charge in [-0.05, 0) is 31.9 Å². The summed E-state index contributed by atoms with van der Waals surface area (Å²) in [6.45, 7) is 3.01. The third-order valence-corrected chi connectivity index (χ3v) is 4.09. The van der Waals surface area contributed by atoms with E-state index in [1.54, 1.807) is 11.8 Å². The molecule has 1 heterocycles. The van der Waals surface area contributed by atoms with Crippen molar-refractivity contribution in [3.05, 3.63) is 30.3 Å². The van der Waals surface area contributed by atoms with Crippen LogP contribution < -0.4 is 4.74 Å². The van der Waals surface area contributed by atoms with Crippen molar-refractivity contribution in [2.24, 2.45) is 5.92 Å². The number of carbonyl (C=O) groups is 2. The molecule has 1 N–H and O–H groups in total. The Balaban J connectivity index is 1.69. The van der Waals surface area contributed by atoms with Crippen LogP contribution in [0.5, 0.6) is 5.75 Å². The molecule has 0 radical (unpaired) electrons. The zero-order chi connectivity index (χ0) is 16.7. The Kier molecular flexibility index (Phi) is 6.40. The number of piperidine rings is 1. The quantitative estimate of drug-likeness (QED) is 0.775. The molecule has 6 nitrogen and oxygen atoms in total. The van der Waals surface area contributed by atoms with E-state index in [1.165, 1.54) is 0 Å². The van der Waals surface area contributed by atoms with Gasteiger partial charge >= 0.3 is 5.97 Å². The average molecular weight is 321 g/mol. The SMILES string of the molecule is C[C@@H]1[C@H](C(=O)O)CCCN1C(=O)COCCOc1ccccc1. The van der Waals surface area contributed by atoms with Crippen LogP contribution in [0.2, 0.25) is 0 Å². The van der Waals surface area contributed by atoms with Crippen molar-refractivity contribution < 1.29 is 24.2 Å². The third kappa shape index (κ3) is 4.96. The number of aliphatic carboxylic acids is 1. The van der Waals surface area contributed by atoms with E-state index >= 15 is 0 Å². The molecule has 0 spiro atoms. The number of carboxylic acids is 1. The van der Waals surface area contributed by atoms with Gasteiger partial charge in [0.05, 0.1) is 12.5 Å². The molecule has 1 amide bonds. The normalized spacial score (nSPS) is 21.0. The first-order valence-electron chi connectivity index (χ1n) is 7.87. The van der Waals surface area contributed by atoms with Crippen LogP contribution in [-0.4, -0.2) is 54.3 Å². The van der Waals surface area contributed by atoms with Crippen LogP contribution in [0.15, 0.2) is 30.3 Å². The molecule has 1 aliphatic heterocycles. The number of carbonyl (C=O) groups excluding carboxylic acids is 1. The number of hydrogen-bond donors (Lipinski definition) is 1. The van der Waals surface area contributed by atoms with Gasteiger partial charge in [-0.2, -0.15) is 0 Å². The van der Waals surface area contributed by atoms with E-state index in [-0.39, 0.29) is 18.6 Å². The van der Waals surface area contributed by atoms with E-state index in [0.29, 0.717) is 32.6 Å². The van der Waals surface area contributed by atoms with E-state index in [1.807, 2.05) is 30.3 Å². The van der Waals surface area contributed by atoms with Gasteiger partial charge < -0.3 is 19.5 Å². The van der Waals surface area contributed by atoms with Crippen molar-refractivity contribution in [3.63, 3.8) is 0 Å². The van der Waals surface area contributed by atoms with Crippen molar-refractivity contribution in [3.8, 4) is 5.75 Å². The van der Waals surface area contributed by atoms with Crippen LogP contribution in [0.3, 0.4) is 0 Å². The Bertz CT molecular complexity index is 519. The smallest absolute Gasteiger partial charge is 0.308 e. The first-order chi connectivity index (χ1) is 11.1. The van der Waals surface area contributed by atoms with Gasteiger partial charge in [0.2, 0.25) is 5.91 Å². The summed E-state index contributed by atoms with van der Waals surface area (Å²) in [5, 5.41) is 9.18. The van der Waals surface area contributed by atoms with Crippen LogP contribution in [0.1, 0.15) is 19.8 Å². The minimum absolute atomic E-state index is 0.0468. The van der Waals surface area contributed by atoms with Crippen LogP contribution >= 0.6 is 0 Å². The lowest BCUT2D eigenvalue weighted by atomic mass is 9.90. The number of hydrogen-bond acceptors (Lipinski definition) is 4. The Labute approximate surface area is 136 Å². The van der Waals surface area contributed by atoms with E-state index in [4.69, 9.17) is 9.47 Å². The summed E-state index contributed by atoms with van der Waals surface area (Å²) in [6, 6.07) is 9.09. The fraction of sp³-hybridized carbons (Fsp3) is 0.529. The zero-order valence-corrected chi connectivity index (χ0v) is 13.3. The molecule has 0 aliphatic carbocycles. The number of benzene rings is 1. The molecule has 1 aromatic carbocycles. The lowest BCUT2D eigenvalue weighted by molar-refractivity contribution is -0.150. The topological polar surface area (TPSA) is 76.1 Å². The maximum Gasteiger partial charge on any atom is 0.308 e. The first kappa shape index (κ1) is 17.3. The van der Waals surface area contributed by atoms with Gasteiger partial charge in [-0.1, -0.05) is 18.2 Å². The van der Waals surface area contributed by atoms with E-state index in [0.717, 1.165) is 5.75 Å². The van der Waals surface area contributed by atoms with Crippen LogP contribution in [0.25, 0.3) is 0 Å². The molecule has 126 valence electrons. The summed E-state index contributed by atoms with van der Waals surface area (Å²) in [6.07, 6.45) is 1.33. The number of para-hydroxylation sites is 1. The molecule has 1 fully saturated rings. The van der Waals surface area contributed by atoms with E-state index < -0.39 is 11.9 Å². The lowest BCUT2D eigenvalue weighted by Gasteiger charge is -2.37. The number of amides is 1. The molecule has 2 rings (SSSR count). The van der Waals surface area contributed by atoms with Crippen molar-refractivity contribution in [2.75, 3.05) is 26.4 Å². The fourth-order valence-electron chi connectivity index (χ4n) is 2.80. The highest BCUT2D eigenvalue weighted by molar-refractivity contribution is 5.79. The van der Waals surface area contributed by atoms with Gasteiger partial charge in [-0.15, -0.1) is 0 Å². The Morgan fingerprint density at radius 1 is 1.26 bits per heavy atom. The predicted octanol–water partition coefficient (Wildman–Crippen LogP) is 1.79. The number of ether oxygens (including phenoxy) is 2. The van der Waals surface area contributed by atoms with Gasteiger partial charge in [0.1, 0.15) is 19.0 Å². The van der Waals surface area contributed by atoms with Crippen molar-refractivity contribution in [1.82, 2.24) is 4.90 Å². The molecule has 0 aromatic heterocycles. The fourth-order valence-corrected chi connectivity index (χ4v) is 2.80. The van der Waals surface area contributed by atoms with Crippen LogP contribution in [-0.2, 0) is 14.3 Å². The summed E-state index contributed by atoms with van der Waals surface area (Å²) >= 11 is 0. The molecule has 2 atom stereocenters. The van der Waals surface area contributed by atoms with Gasteiger partial charge in [0.25, 0.3) is 0 Å². The summed E-state index contributed by atoms with van der Waals surface area (Å²) in [5.74, 6) is -0.735. The monoisotopic (exact) mass is 321 g/mol. The van der Waals surface area contributed by atoms with Gasteiger partial charge in [0.15, 0.2) is 0 Å². The second-order valence-electron chi connectivity index (χ2n) is 5.63. The van der Waals surface area contributed by atoms with Gasteiger partial charge in [0, 0.05) is 12.6 Å². The maximum absolute atomic E-state index is 12.2. The molecular weight excluding hydrogens is 298 g/mol. The number of carboxylic acid groups (broad SMARTS) is 1. The van der Waals surface area contributed by atoms with Crippen molar-refractivity contribution in [1.29, 1.82) is 0 Å². The predicted molar refractivity (Wildman–Crippen MR) is 84.3 cm³/mol. The number of likely N-dealkylation sites (tertiary alicyclic amines) is 1. The van der Waals surface area contributed by atoms with Gasteiger partial charge in [-0.25, -0.2) is 0 Å². The maximum atomic E-state index is 12.2. The second-order valence-corrected chi connectivity index (χ2v) is 5.63. The van der Waals surface area contributed by atoms with Crippen molar-refractivity contribution >= 4 is 11.9 Å². The first-order valence-corrected chi connectivity index (χ1v) is 7.87. The lowest BCUT2D eigenvalue weighted by Crippen LogP contribution is -2.50.